The Balaban J connectivity index is 2.70. The zero-order valence-corrected chi connectivity index (χ0v) is 14.8. The monoisotopic (exact) mass is 322 g/mol. The van der Waals surface area contributed by atoms with Crippen LogP contribution in [0.5, 0.6) is 0 Å². The number of piperidine rings is 1. The van der Waals surface area contributed by atoms with E-state index >= 15 is 0 Å². The molecule has 1 rings (SSSR count). The van der Waals surface area contributed by atoms with Crippen molar-refractivity contribution < 1.29 is 9.53 Å². The Kier molecular flexibility index (Phi) is 7.73. The predicted molar refractivity (Wildman–Crippen MR) is 93.4 cm³/mol. The zero-order valence-electron chi connectivity index (χ0n) is 14.8. The molecule has 0 saturated carbocycles. The van der Waals surface area contributed by atoms with Gasteiger partial charge in [-0.05, 0) is 47.0 Å². The van der Waals surface area contributed by atoms with Crippen molar-refractivity contribution in [3.05, 3.63) is 0 Å². The van der Waals surface area contributed by atoms with Crippen molar-refractivity contribution in [2.45, 2.75) is 58.6 Å². The number of carbonyl (C=O) groups excluding carboxylic acids is 1. The molecule has 0 spiro atoms. The second-order valence-corrected chi connectivity index (χ2v) is 6.60. The average molecular weight is 322 g/mol. The molecular formula is C17H30N4O2. The van der Waals surface area contributed by atoms with Gasteiger partial charge in [0, 0.05) is 13.1 Å². The first kappa shape index (κ1) is 19.1. The normalized spacial score (nSPS) is 19.0. The maximum Gasteiger partial charge on any atom is 0.410 e. The lowest BCUT2D eigenvalue weighted by molar-refractivity contribution is 0.0110. The minimum Gasteiger partial charge on any atom is -0.444 e. The summed E-state index contributed by atoms with van der Waals surface area (Å²) < 4.78 is 5.51. The quantitative estimate of drug-likeness (QED) is 0.472. The Morgan fingerprint density at radius 3 is 2.74 bits per heavy atom. The van der Waals surface area contributed by atoms with Gasteiger partial charge >= 0.3 is 6.09 Å². The van der Waals surface area contributed by atoms with Gasteiger partial charge in [-0.25, -0.2) is 4.79 Å². The van der Waals surface area contributed by atoms with Crippen LogP contribution in [0.1, 0.15) is 47.0 Å². The molecule has 1 fully saturated rings. The number of nitrogens with zero attached hydrogens (tertiary/aromatic N) is 2. The molecular weight excluding hydrogens is 292 g/mol. The Hall–Kier alpha value is -1.90. The van der Waals surface area contributed by atoms with Crippen molar-refractivity contribution in [2.75, 3.05) is 26.2 Å². The molecule has 0 aromatic carbocycles. The van der Waals surface area contributed by atoms with Gasteiger partial charge in [-0.2, -0.15) is 0 Å². The van der Waals surface area contributed by atoms with E-state index in [-0.39, 0.29) is 12.1 Å². The van der Waals surface area contributed by atoms with Gasteiger partial charge in [-0.1, -0.05) is 5.92 Å². The highest BCUT2D eigenvalue weighted by Gasteiger charge is 2.30. The lowest BCUT2D eigenvalue weighted by Crippen LogP contribution is -2.48. The molecule has 0 aromatic heterocycles. The number of amides is 1. The molecule has 0 aromatic rings. The van der Waals surface area contributed by atoms with E-state index in [2.05, 4.69) is 21.5 Å². The molecule has 130 valence electrons. The van der Waals surface area contributed by atoms with Crippen LogP contribution in [-0.2, 0) is 4.74 Å². The highest BCUT2D eigenvalue weighted by molar-refractivity contribution is 5.80. The molecule has 0 bridgehead atoms. The van der Waals surface area contributed by atoms with E-state index in [1.165, 1.54) is 0 Å². The number of hydrogen-bond donors (Lipinski definition) is 2. The maximum absolute atomic E-state index is 12.4. The molecule has 1 aliphatic rings. The smallest absolute Gasteiger partial charge is 0.410 e. The first-order valence-corrected chi connectivity index (χ1v) is 8.32. The summed E-state index contributed by atoms with van der Waals surface area (Å²) in [6.07, 6.45) is 8.07. The summed E-state index contributed by atoms with van der Waals surface area (Å²) >= 11 is 0. The molecule has 0 aliphatic carbocycles. The van der Waals surface area contributed by atoms with Gasteiger partial charge in [-0.15, -0.1) is 6.42 Å². The zero-order chi connectivity index (χ0) is 17.3. The lowest BCUT2D eigenvalue weighted by Gasteiger charge is -2.36. The predicted octanol–water partition coefficient (Wildman–Crippen LogP) is 1.96. The van der Waals surface area contributed by atoms with Crippen LogP contribution in [0.25, 0.3) is 0 Å². The second kappa shape index (κ2) is 9.29. The van der Waals surface area contributed by atoms with E-state index in [4.69, 9.17) is 11.2 Å². The molecule has 1 saturated heterocycles. The topological polar surface area (TPSA) is 66.0 Å². The third-order valence-corrected chi connectivity index (χ3v) is 3.42. The number of hydrogen-bond acceptors (Lipinski definition) is 3. The SMILES string of the molecule is C#CCNC(=NCC1CCCCN1C(=O)OC(C)(C)C)NCC. The van der Waals surface area contributed by atoms with Crippen molar-refractivity contribution >= 4 is 12.1 Å². The number of rotatable bonds is 4. The van der Waals surface area contributed by atoms with Crippen LogP contribution in [-0.4, -0.2) is 54.8 Å². The summed E-state index contributed by atoms with van der Waals surface area (Å²) in [6.45, 7) is 10.1. The first-order chi connectivity index (χ1) is 10.9. The summed E-state index contributed by atoms with van der Waals surface area (Å²) in [5, 5.41) is 6.21. The standard InChI is InChI=1S/C17H30N4O2/c1-6-11-19-15(18-7-2)20-13-14-10-8-9-12-21(14)16(22)23-17(3,4)5/h1,14H,7-13H2,2-5H3,(H2,18,19,20). The molecule has 6 nitrogen and oxygen atoms in total. The Morgan fingerprint density at radius 2 is 2.13 bits per heavy atom. The lowest BCUT2D eigenvalue weighted by atomic mass is 10.0. The minimum absolute atomic E-state index is 0.0693. The fraction of sp³-hybridized carbons (Fsp3) is 0.765. The molecule has 1 amide bonds. The van der Waals surface area contributed by atoms with E-state index in [1.54, 1.807) is 0 Å². The highest BCUT2D eigenvalue weighted by atomic mass is 16.6. The third kappa shape index (κ3) is 7.27. The molecule has 1 heterocycles. The minimum atomic E-state index is -0.481. The molecule has 2 N–H and O–H groups in total. The first-order valence-electron chi connectivity index (χ1n) is 8.32. The Labute approximate surface area is 140 Å². The van der Waals surface area contributed by atoms with Crippen molar-refractivity contribution in [3.8, 4) is 12.3 Å². The maximum atomic E-state index is 12.4. The summed E-state index contributed by atoms with van der Waals surface area (Å²) in [5.74, 6) is 3.21. The largest absolute Gasteiger partial charge is 0.444 e. The number of likely N-dealkylation sites (tertiary alicyclic amines) is 1. The van der Waals surface area contributed by atoms with Crippen molar-refractivity contribution in [1.29, 1.82) is 0 Å². The molecule has 23 heavy (non-hydrogen) atoms. The van der Waals surface area contributed by atoms with Crippen LogP contribution in [0, 0.1) is 12.3 Å². The Bertz CT molecular complexity index is 448. The number of aliphatic imine (C=N–C) groups is 1. The second-order valence-electron chi connectivity index (χ2n) is 6.60. The van der Waals surface area contributed by atoms with Crippen LogP contribution in [0.15, 0.2) is 4.99 Å². The molecule has 1 atom stereocenters. The van der Waals surface area contributed by atoms with Gasteiger partial charge in [0.05, 0.1) is 19.1 Å². The Morgan fingerprint density at radius 1 is 1.39 bits per heavy atom. The van der Waals surface area contributed by atoms with Crippen molar-refractivity contribution in [1.82, 2.24) is 15.5 Å². The van der Waals surface area contributed by atoms with E-state index in [9.17, 15) is 4.79 Å². The molecule has 1 aliphatic heterocycles. The van der Waals surface area contributed by atoms with Crippen LogP contribution in [0.2, 0.25) is 0 Å². The van der Waals surface area contributed by atoms with Gasteiger partial charge in [0.25, 0.3) is 0 Å². The average Bonchev–Trinajstić information content (AvgIpc) is 2.48. The summed E-state index contributed by atoms with van der Waals surface area (Å²) in [6, 6.07) is 0.0693. The van der Waals surface area contributed by atoms with Crippen LogP contribution in [0.3, 0.4) is 0 Å². The number of terminal acetylenes is 1. The fourth-order valence-corrected chi connectivity index (χ4v) is 2.42. The van der Waals surface area contributed by atoms with Gasteiger partial charge in [0.15, 0.2) is 5.96 Å². The number of guanidine groups is 1. The molecule has 1 unspecified atom stereocenters. The van der Waals surface area contributed by atoms with E-state index in [0.717, 1.165) is 32.4 Å². The van der Waals surface area contributed by atoms with Crippen LogP contribution >= 0.6 is 0 Å². The van der Waals surface area contributed by atoms with Gasteiger partial charge in [-0.3, -0.25) is 4.99 Å². The summed E-state index contributed by atoms with van der Waals surface area (Å²) in [5.41, 5.74) is -0.481. The van der Waals surface area contributed by atoms with E-state index < -0.39 is 5.60 Å². The van der Waals surface area contributed by atoms with E-state index in [0.29, 0.717) is 19.0 Å². The molecule has 6 heteroatoms. The highest BCUT2D eigenvalue weighted by Crippen LogP contribution is 2.20. The van der Waals surface area contributed by atoms with E-state index in [1.807, 2.05) is 32.6 Å². The fourth-order valence-electron chi connectivity index (χ4n) is 2.42. The van der Waals surface area contributed by atoms with Gasteiger partial charge in [0.2, 0.25) is 0 Å². The van der Waals surface area contributed by atoms with Crippen LogP contribution in [0.4, 0.5) is 4.79 Å². The number of nitrogens with one attached hydrogen (secondary N) is 2. The number of carbonyl (C=O) groups is 1. The molecule has 0 radical (unpaired) electrons. The van der Waals surface area contributed by atoms with Crippen molar-refractivity contribution in [2.24, 2.45) is 4.99 Å². The van der Waals surface area contributed by atoms with Gasteiger partial charge < -0.3 is 20.3 Å². The number of ether oxygens (including phenoxy) is 1. The summed E-state index contributed by atoms with van der Waals surface area (Å²) in [7, 11) is 0. The van der Waals surface area contributed by atoms with Crippen LogP contribution < -0.4 is 10.6 Å². The third-order valence-electron chi connectivity index (χ3n) is 3.42. The summed E-state index contributed by atoms with van der Waals surface area (Å²) in [4.78, 5) is 18.7. The van der Waals surface area contributed by atoms with Gasteiger partial charge in [0.1, 0.15) is 5.60 Å². The van der Waals surface area contributed by atoms with Crippen molar-refractivity contribution in [3.63, 3.8) is 0 Å².